The fourth-order valence-electron chi connectivity index (χ4n) is 4.49. The zero-order chi connectivity index (χ0) is 21.6. The number of hydrogen-bond donors (Lipinski definition) is 0. The van der Waals surface area contributed by atoms with Crippen LogP contribution in [-0.2, 0) is 17.6 Å². The summed E-state index contributed by atoms with van der Waals surface area (Å²) in [5.41, 5.74) is 3.53. The maximum absolute atomic E-state index is 12.7. The molecule has 0 radical (unpaired) electrons. The quantitative estimate of drug-likeness (QED) is 0.626. The number of benzene rings is 2. The molecule has 2 aromatic carbocycles. The van der Waals surface area contributed by atoms with Crippen LogP contribution in [0.1, 0.15) is 47.7 Å². The van der Waals surface area contributed by atoms with Crippen LogP contribution in [0.3, 0.4) is 0 Å². The normalized spacial score (nSPS) is 16.8. The van der Waals surface area contributed by atoms with Gasteiger partial charge in [-0.05, 0) is 80.1 Å². The van der Waals surface area contributed by atoms with E-state index in [0.29, 0.717) is 25.3 Å². The van der Waals surface area contributed by atoms with Gasteiger partial charge in [0.25, 0.3) is 5.91 Å². The third-order valence-corrected chi connectivity index (χ3v) is 6.68. The van der Waals surface area contributed by atoms with Crippen LogP contribution in [-0.4, -0.2) is 61.6 Å². The molecule has 0 atom stereocenters. The number of carbonyl (C=O) groups is 1. The molecule has 0 unspecified atom stereocenters. The van der Waals surface area contributed by atoms with Crippen LogP contribution < -0.4 is 4.74 Å². The van der Waals surface area contributed by atoms with Crippen LogP contribution >= 0.6 is 0 Å². The van der Waals surface area contributed by atoms with Gasteiger partial charge >= 0.3 is 0 Å². The summed E-state index contributed by atoms with van der Waals surface area (Å²) in [6, 6.07) is 14.7. The molecule has 5 nitrogen and oxygen atoms in total. The zero-order valence-corrected chi connectivity index (χ0v) is 18.8. The Kier molecular flexibility index (Phi) is 7.25. The van der Waals surface area contributed by atoms with Gasteiger partial charge in [0.15, 0.2) is 0 Å². The van der Waals surface area contributed by atoms with Crippen molar-refractivity contribution in [3.05, 3.63) is 59.2 Å². The van der Waals surface area contributed by atoms with Gasteiger partial charge in [-0.1, -0.05) is 12.5 Å². The van der Waals surface area contributed by atoms with Gasteiger partial charge in [0.1, 0.15) is 11.5 Å². The summed E-state index contributed by atoms with van der Waals surface area (Å²) in [7, 11) is 1.65. The molecule has 2 aromatic rings. The summed E-state index contributed by atoms with van der Waals surface area (Å²) in [6.45, 7) is 6.10. The van der Waals surface area contributed by atoms with E-state index < -0.39 is 0 Å². The second-order valence-corrected chi connectivity index (χ2v) is 8.56. The third-order valence-electron chi connectivity index (χ3n) is 6.68. The number of amides is 1. The monoisotopic (exact) mass is 422 g/mol. The van der Waals surface area contributed by atoms with E-state index in [-0.39, 0.29) is 5.91 Å². The molecule has 0 N–H and O–H groups in total. The highest BCUT2D eigenvalue weighted by molar-refractivity contribution is 5.94. The highest BCUT2D eigenvalue weighted by Crippen LogP contribution is 2.30. The van der Waals surface area contributed by atoms with Gasteiger partial charge < -0.3 is 14.4 Å². The Balaban J connectivity index is 1.38. The summed E-state index contributed by atoms with van der Waals surface area (Å²) >= 11 is 0. The second-order valence-electron chi connectivity index (χ2n) is 8.56. The number of carbonyl (C=O) groups excluding carboxylic acids is 1. The average molecular weight is 423 g/mol. The summed E-state index contributed by atoms with van der Waals surface area (Å²) < 4.78 is 11.2. The van der Waals surface area contributed by atoms with Crippen LogP contribution in [0.25, 0.3) is 0 Å². The van der Waals surface area contributed by atoms with E-state index in [1.807, 2.05) is 31.2 Å². The predicted octanol–water partition coefficient (Wildman–Crippen LogP) is 4.54. The van der Waals surface area contributed by atoms with Gasteiger partial charge in [-0.2, -0.15) is 0 Å². The van der Waals surface area contributed by atoms with Crippen molar-refractivity contribution >= 4 is 5.91 Å². The van der Waals surface area contributed by atoms with Gasteiger partial charge in [0, 0.05) is 44.9 Å². The van der Waals surface area contributed by atoms with Crippen LogP contribution in [0.2, 0.25) is 0 Å². The van der Waals surface area contributed by atoms with E-state index >= 15 is 0 Å². The summed E-state index contributed by atoms with van der Waals surface area (Å²) in [6.07, 6.45) is 6.34. The van der Waals surface area contributed by atoms with Gasteiger partial charge in [0.05, 0.1) is 6.61 Å². The molecule has 5 heteroatoms. The number of methoxy groups -OCH3 is 1. The van der Waals surface area contributed by atoms with Crippen molar-refractivity contribution in [3.8, 4) is 11.5 Å². The largest absolute Gasteiger partial charge is 0.457 e. The summed E-state index contributed by atoms with van der Waals surface area (Å²) in [4.78, 5) is 17.1. The Labute approximate surface area is 185 Å². The maximum atomic E-state index is 12.7. The number of likely N-dealkylation sites (N-methyl/N-ethyl adjacent to an activating group) is 1. The molecule has 4 rings (SSSR count). The lowest BCUT2D eigenvalue weighted by molar-refractivity contribution is 0.0706. The van der Waals surface area contributed by atoms with Crippen molar-refractivity contribution in [3.63, 3.8) is 0 Å². The van der Waals surface area contributed by atoms with E-state index in [1.54, 1.807) is 12.0 Å². The van der Waals surface area contributed by atoms with Crippen LogP contribution in [0.15, 0.2) is 42.5 Å². The van der Waals surface area contributed by atoms with Crippen molar-refractivity contribution in [2.45, 2.75) is 45.1 Å². The molecule has 1 aliphatic carbocycles. The first-order chi connectivity index (χ1) is 15.2. The molecule has 0 spiro atoms. The lowest BCUT2D eigenvalue weighted by atomic mass is 9.91. The van der Waals surface area contributed by atoms with Gasteiger partial charge in [-0.3, -0.25) is 9.69 Å². The molecular formula is C26H34N2O3. The number of rotatable bonds is 8. The van der Waals surface area contributed by atoms with Crippen molar-refractivity contribution in [2.75, 3.05) is 39.9 Å². The SMILES string of the molecule is CCN(CCOC)C(=O)c1ccc(Oc2ccc3c(c2)CCN(C2CCC2)CC3)cc1. The Morgan fingerprint density at radius 2 is 1.74 bits per heavy atom. The Morgan fingerprint density at radius 3 is 2.39 bits per heavy atom. The first-order valence-corrected chi connectivity index (χ1v) is 11.6. The number of ether oxygens (including phenoxy) is 2. The molecule has 166 valence electrons. The summed E-state index contributed by atoms with van der Waals surface area (Å²) in [5, 5.41) is 0. The Morgan fingerprint density at radius 1 is 1.03 bits per heavy atom. The molecular weight excluding hydrogens is 388 g/mol. The van der Waals surface area contributed by atoms with Crippen LogP contribution in [0.5, 0.6) is 11.5 Å². The lowest BCUT2D eigenvalue weighted by Crippen LogP contribution is -2.41. The number of nitrogens with zero attached hydrogens (tertiary/aromatic N) is 2. The first kappa shape index (κ1) is 21.8. The maximum Gasteiger partial charge on any atom is 0.253 e. The molecule has 0 bridgehead atoms. The number of fused-ring (bicyclic) bond motifs is 1. The molecule has 1 saturated carbocycles. The molecule has 1 aliphatic heterocycles. The fraction of sp³-hybridized carbons (Fsp3) is 0.500. The molecule has 31 heavy (non-hydrogen) atoms. The number of hydrogen-bond acceptors (Lipinski definition) is 4. The van der Waals surface area contributed by atoms with Gasteiger partial charge in [-0.25, -0.2) is 0 Å². The van der Waals surface area contributed by atoms with E-state index in [4.69, 9.17) is 9.47 Å². The van der Waals surface area contributed by atoms with E-state index in [0.717, 1.165) is 36.9 Å². The molecule has 2 aliphatic rings. The molecule has 1 amide bonds. The first-order valence-electron chi connectivity index (χ1n) is 11.6. The highest BCUT2D eigenvalue weighted by atomic mass is 16.5. The van der Waals surface area contributed by atoms with Crippen LogP contribution in [0, 0.1) is 0 Å². The standard InChI is InChI=1S/C26H34N2O3/c1-3-27(17-18-30-2)26(29)21-8-10-24(11-9-21)31-25-12-7-20-13-15-28(23-5-4-6-23)16-14-22(20)19-25/h7-12,19,23H,3-6,13-18H2,1-2H3. The van der Waals surface area contributed by atoms with E-state index in [2.05, 4.69) is 23.1 Å². The van der Waals surface area contributed by atoms with Crippen molar-refractivity contribution in [1.29, 1.82) is 0 Å². The third kappa shape index (κ3) is 5.28. The van der Waals surface area contributed by atoms with E-state index in [9.17, 15) is 4.79 Å². The topological polar surface area (TPSA) is 42.0 Å². The smallest absolute Gasteiger partial charge is 0.253 e. The Hall–Kier alpha value is -2.37. The summed E-state index contributed by atoms with van der Waals surface area (Å²) in [5.74, 6) is 1.64. The van der Waals surface area contributed by atoms with E-state index in [1.165, 1.54) is 36.9 Å². The van der Waals surface area contributed by atoms with Gasteiger partial charge in [0.2, 0.25) is 0 Å². The van der Waals surface area contributed by atoms with Crippen molar-refractivity contribution < 1.29 is 14.3 Å². The second kappa shape index (κ2) is 10.3. The highest BCUT2D eigenvalue weighted by Gasteiger charge is 2.26. The van der Waals surface area contributed by atoms with Crippen molar-refractivity contribution in [1.82, 2.24) is 9.80 Å². The minimum atomic E-state index is 0.0205. The van der Waals surface area contributed by atoms with Gasteiger partial charge in [-0.15, -0.1) is 0 Å². The molecule has 0 saturated heterocycles. The lowest BCUT2D eigenvalue weighted by Gasteiger charge is -2.36. The van der Waals surface area contributed by atoms with Crippen molar-refractivity contribution in [2.24, 2.45) is 0 Å². The molecule has 1 fully saturated rings. The molecule has 1 heterocycles. The Bertz CT molecular complexity index is 877. The minimum Gasteiger partial charge on any atom is -0.457 e. The fourth-order valence-corrected chi connectivity index (χ4v) is 4.49. The minimum absolute atomic E-state index is 0.0205. The zero-order valence-electron chi connectivity index (χ0n) is 18.8. The molecule has 0 aromatic heterocycles. The predicted molar refractivity (Wildman–Crippen MR) is 123 cm³/mol. The average Bonchev–Trinajstić information content (AvgIpc) is 2.96. The van der Waals surface area contributed by atoms with Crippen LogP contribution in [0.4, 0.5) is 0 Å².